The van der Waals surface area contributed by atoms with E-state index in [9.17, 15) is 4.79 Å². The van der Waals surface area contributed by atoms with Gasteiger partial charge in [-0.05, 0) is 36.1 Å². The van der Waals surface area contributed by atoms with Crippen LogP contribution in [-0.2, 0) is 20.1 Å². The van der Waals surface area contributed by atoms with Gasteiger partial charge in [0.1, 0.15) is 0 Å². The Morgan fingerprint density at radius 3 is 2.87 bits per heavy atom. The van der Waals surface area contributed by atoms with Gasteiger partial charge >= 0.3 is 6.03 Å². The molecule has 120 valence electrons. The molecule has 2 aromatic heterocycles. The lowest BCUT2D eigenvalue weighted by atomic mass is 10.1. The lowest BCUT2D eigenvalue weighted by Gasteiger charge is -2.06. The fourth-order valence-electron chi connectivity index (χ4n) is 2.36. The zero-order valence-corrected chi connectivity index (χ0v) is 14.5. The predicted molar refractivity (Wildman–Crippen MR) is 93.9 cm³/mol. The molecule has 1 aromatic carbocycles. The molecule has 0 unspecified atom stereocenters. The Kier molecular flexibility index (Phi) is 4.54. The number of halogens is 1. The number of carbonyl (C=O) groups is 1. The highest BCUT2D eigenvalue weighted by atomic mass is 35.5. The molecular weight excluding hydrogens is 332 g/mol. The number of carbonyl (C=O) groups excluding carboxylic acids is 1. The van der Waals surface area contributed by atoms with Crippen LogP contribution in [0.25, 0.3) is 10.1 Å². The van der Waals surface area contributed by atoms with Crippen LogP contribution in [-0.4, -0.2) is 15.6 Å². The highest BCUT2D eigenvalue weighted by Crippen LogP contribution is 2.32. The monoisotopic (exact) mass is 348 g/mol. The lowest BCUT2D eigenvalue weighted by Crippen LogP contribution is -2.34. The number of imidazole rings is 1. The minimum Gasteiger partial charge on any atom is -0.340 e. The van der Waals surface area contributed by atoms with Gasteiger partial charge in [-0.1, -0.05) is 11.6 Å². The van der Waals surface area contributed by atoms with Crippen LogP contribution in [0.4, 0.5) is 4.79 Å². The maximum atomic E-state index is 11.9. The van der Waals surface area contributed by atoms with Crippen LogP contribution in [0.15, 0.2) is 30.7 Å². The highest BCUT2D eigenvalue weighted by Gasteiger charge is 2.10. The molecule has 0 aliphatic carbocycles. The van der Waals surface area contributed by atoms with Crippen molar-refractivity contribution in [3.05, 3.63) is 51.9 Å². The van der Waals surface area contributed by atoms with Crippen molar-refractivity contribution in [2.45, 2.75) is 20.0 Å². The summed E-state index contributed by atoms with van der Waals surface area (Å²) in [6, 6.07) is 5.66. The summed E-state index contributed by atoms with van der Waals surface area (Å²) in [5.74, 6) is 0. The van der Waals surface area contributed by atoms with E-state index in [4.69, 9.17) is 11.6 Å². The van der Waals surface area contributed by atoms with Crippen LogP contribution < -0.4 is 10.6 Å². The number of hydrogen-bond acceptors (Lipinski definition) is 3. The van der Waals surface area contributed by atoms with Crippen LogP contribution >= 0.6 is 22.9 Å². The van der Waals surface area contributed by atoms with E-state index in [0.717, 1.165) is 26.5 Å². The number of aryl methyl sites for hydroxylation is 2. The maximum Gasteiger partial charge on any atom is 0.315 e. The van der Waals surface area contributed by atoms with E-state index in [1.165, 1.54) is 4.70 Å². The van der Waals surface area contributed by atoms with Crippen LogP contribution in [0.3, 0.4) is 0 Å². The normalized spacial score (nSPS) is 10.9. The maximum absolute atomic E-state index is 11.9. The standard InChI is InChI=1S/C16H17ClN4OS/c1-10-13-5-11(17)3-4-14(13)23-15(10)7-19-16(22)18-6-12-8-21(2)9-20-12/h3-5,8-9H,6-7H2,1-2H3,(H2,18,19,22). The Morgan fingerprint density at radius 2 is 2.13 bits per heavy atom. The first-order valence-electron chi connectivity index (χ1n) is 7.19. The molecular formula is C16H17ClN4OS. The molecule has 0 aliphatic heterocycles. The minimum absolute atomic E-state index is 0.203. The van der Waals surface area contributed by atoms with E-state index in [2.05, 4.69) is 22.5 Å². The van der Waals surface area contributed by atoms with Crippen LogP contribution in [0.2, 0.25) is 5.02 Å². The van der Waals surface area contributed by atoms with Crippen molar-refractivity contribution < 1.29 is 4.79 Å². The number of aromatic nitrogens is 2. The van der Waals surface area contributed by atoms with Crippen LogP contribution in [0.1, 0.15) is 16.1 Å². The Hall–Kier alpha value is -2.05. The molecule has 0 fully saturated rings. The van der Waals surface area contributed by atoms with Crippen molar-refractivity contribution in [2.75, 3.05) is 0 Å². The van der Waals surface area contributed by atoms with Gasteiger partial charge in [-0.15, -0.1) is 11.3 Å². The van der Waals surface area contributed by atoms with Gasteiger partial charge in [-0.25, -0.2) is 9.78 Å². The van der Waals surface area contributed by atoms with E-state index in [1.807, 2.05) is 36.0 Å². The van der Waals surface area contributed by atoms with Crippen LogP contribution in [0.5, 0.6) is 0 Å². The lowest BCUT2D eigenvalue weighted by molar-refractivity contribution is 0.240. The van der Waals surface area contributed by atoms with Crippen molar-refractivity contribution in [1.29, 1.82) is 0 Å². The SMILES string of the molecule is Cc1c(CNC(=O)NCc2cn(C)cn2)sc2ccc(Cl)cc12. The van der Waals surface area contributed by atoms with Gasteiger partial charge in [0.2, 0.25) is 0 Å². The van der Waals surface area contributed by atoms with Gasteiger partial charge in [0, 0.05) is 27.8 Å². The van der Waals surface area contributed by atoms with Gasteiger partial charge in [-0.3, -0.25) is 0 Å². The Balaban J connectivity index is 1.59. The predicted octanol–water partition coefficient (Wildman–Crippen LogP) is 3.60. The van der Waals surface area contributed by atoms with E-state index in [0.29, 0.717) is 13.1 Å². The largest absolute Gasteiger partial charge is 0.340 e. The molecule has 0 aliphatic rings. The number of hydrogen-bond donors (Lipinski definition) is 2. The number of urea groups is 1. The third-order valence-electron chi connectivity index (χ3n) is 3.59. The number of fused-ring (bicyclic) bond motifs is 1. The molecule has 2 amide bonds. The molecule has 3 rings (SSSR count). The fourth-order valence-corrected chi connectivity index (χ4v) is 3.67. The van der Waals surface area contributed by atoms with E-state index in [-0.39, 0.29) is 6.03 Å². The average molecular weight is 349 g/mol. The van der Waals surface area contributed by atoms with E-state index in [1.54, 1.807) is 17.7 Å². The fraction of sp³-hybridized carbons (Fsp3) is 0.250. The third kappa shape index (κ3) is 3.65. The molecule has 5 nitrogen and oxygen atoms in total. The number of thiophene rings is 1. The number of rotatable bonds is 4. The molecule has 0 spiro atoms. The Labute approximate surface area is 143 Å². The summed E-state index contributed by atoms with van der Waals surface area (Å²) in [5.41, 5.74) is 1.99. The summed E-state index contributed by atoms with van der Waals surface area (Å²) < 4.78 is 3.03. The second-order valence-electron chi connectivity index (χ2n) is 5.36. The van der Waals surface area contributed by atoms with Crippen LogP contribution in [0, 0.1) is 6.92 Å². The molecule has 0 bridgehead atoms. The highest BCUT2D eigenvalue weighted by molar-refractivity contribution is 7.19. The van der Waals surface area contributed by atoms with Crippen molar-refractivity contribution in [3.63, 3.8) is 0 Å². The molecule has 0 atom stereocenters. The van der Waals surface area contributed by atoms with E-state index >= 15 is 0 Å². The smallest absolute Gasteiger partial charge is 0.315 e. The molecule has 23 heavy (non-hydrogen) atoms. The van der Waals surface area contributed by atoms with Gasteiger partial charge in [0.25, 0.3) is 0 Å². The zero-order chi connectivity index (χ0) is 16.4. The second-order valence-corrected chi connectivity index (χ2v) is 6.93. The third-order valence-corrected chi connectivity index (χ3v) is 5.10. The van der Waals surface area contributed by atoms with Gasteiger partial charge in [0.05, 0.1) is 25.1 Å². The quantitative estimate of drug-likeness (QED) is 0.756. The molecule has 0 saturated carbocycles. The van der Waals surface area contributed by atoms with Gasteiger partial charge < -0.3 is 15.2 Å². The number of benzene rings is 1. The minimum atomic E-state index is -0.203. The summed E-state index contributed by atoms with van der Waals surface area (Å²) in [7, 11) is 1.90. The van der Waals surface area contributed by atoms with Crippen molar-refractivity contribution in [3.8, 4) is 0 Å². The molecule has 0 radical (unpaired) electrons. The summed E-state index contributed by atoms with van der Waals surface area (Å²) in [6.45, 7) is 2.96. The van der Waals surface area contributed by atoms with Gasteiger partial charge in [-0.2, -0.15) is 0 Å². The summed E-state index contributed by atoms with van der Waals surface area (Å²) in [4.78, 5) is 17.2. The second kappa shape index (κ2) is 6.60. The first-order valence-corrected chi connectivity index (χ1v) is 8.38. The molecule has 2 heterocycles. The van der Waals surface area contributed by atoms with Crippen molar-refractivity contribution in [2.24, 2.45) is 7.05 Å². The topological polar surface area (TPSA) is 59.0 Å². The molecule has 7 heteroatoms. The average Bonchev–Trinajstić information content (AvgIpc) is 3.07. The first-order chi connectivity index (χ1) is 11.0. The number of nitrogens with zero attached hydrogens (tertiary/aromatic N) is 2. The van der Waals surface area contributed by atoms with Gasteiger partial charge in [0.15, 0.2) is 0 Å². The molecule has 3 aromatic rings. The summed E-state index contributed by atoms with van der Waals surface area (Å²) in [5, 5.41) is 7.56. The Morgan fingerprint density at radius 1 is 1.35 bits per heavy atom. The number of nitrogens with one attached hydrogen (secondary N) is 2. The molecule has 0 saturated heterocycles. The number of amides is 2. The molecule has 2 N–H and O–H groups in total. The zero-order valence-electron chi connectivity index (χ0n) is 12.9. The van der Waals surface area contributed by atoms with Crippen molar-refractivity contribution >= 4 is 39.1 Å². The van der Waals surface area contributed by atoms with E-state index < -0.39 is 0 Å². The first kappa shape index (κ1) is 15.8. The van der Waals surface area contributed by atoms with Crippen molar-refractivity contribution in [1.82, 2.24) is 20.2 Å². The summed E-state index contributed by atoms with van der Waals surface area (Å²) in [6.07, 6.45) is 3.58. The summed E-state index contributed by atoms with van der Waals surface area (Å²) >= 11 is 7.72. The Bertz CT molecular complexity index is 855.